The van der Waals surface area contributed by atoms with Gasteiger partial charge in [-0.3, -0.25) is 14.4 Å². The summed E-state index contributed by atoms with van der Waals surface area (Å²) in [6.45, 7) is 2.38. The summed E-state index contributed by atoms with van der Waals surface area (Å²) in [5, 5.41) is 5.45. The Labute approximate surface area is 123 Å². The molecule has 2 rings (SSSR count). The first-order valence-electron chi connectivity index (χ1n) is 6.84. The summed E-state index contributed by atoms with van der Waals surface area (Å²) in [6, 6.07) is 7.35. The van der Waals surface area contributed by atoms with Gasteiger partial charge in [-0.1, -0.05) is 12.1 Å². The van der Waals surface area contributed by atoms with Crippen molar-refractivity contribution in [2.24, 2.45) is 5.92 Å². The molecule has 6 heteroatoms. The van der Waals surface area contributed by atoms with Gasteiger partial charge in [0.2, 0.25) is 17.7 Å². The fraction of sp³-hybridized carbons (Fsp3) is 0.400. The Hall–Kier alpha value is -2.37. The van der Waals surface area contributed by atoms with Gasteiger partial charge in [0.1, 0.15) is 0 Å². The molecule has 1 fully saturated rings. The first kappa shape index (κ1) is 15.0. The van der Waals surface area contributed by atoms with Crippen molar-refractivity contribution in [3.63, 3.8) is 0 Å². The monoisotopic (exact) mass is 289 g/mol. The van der Waals surface area contributed by atoms with Crippen LogP contribution in [0, 0.1) is 5.92 Å². The summed E-state index contributed by atoms with van der Waals surface area (Å²) < 4.78 is 0. The summed E-state index contributed by atoms with van der Waals surface area (Å²) in [4.78, 5) is 36.0. The largest absolute Gasteiger partial charge is 0.355 e. The van der Waals surface area contributed by atoms with Crippen molar-refractivity contribution in [3.05, 3.63) is 29.8 Å². The number of amides is 3. The smallest absolute Gasteiger partial charge is 0.229 e. The van der Waals surface area contributed by atoms with Crippen molar-refractivity contribution in [3.8, 4) is 0 Å². The minimum Gasteiger partial charge on any atom is -0.355 e. The molecule has 1 unspecified atom stereocenters. The van der Waals surface area contributed by atoms with Gasteiger partial charge in [0.15, 0.2) is 0 Å². The van der Waals surface area contributed by atoms with Crippen LogP contribution in [-0.2, 0) is 20.9 Å². The molecule has 1 atom stereocenters. The molecule has 1 aliphatic heterocycles. The van der Waals surface area contributed by atoms with Gasteiger partial charge < -0.3 is 15.5 Å². The van der Waals surface area contributed by atoms with E-state index in [-0.39, 0.29) is 30.1 Å². The minimum atomic E-state index is -0.318. The van der Waals surface area contributed by atoms with Gasteiger partial charge in [-0.15, -0.1) is 0 Å². The highest BCUT2D eigenvalue weighted by Crippen LogP contribution is 2.16. The number of hydrogen-bond donors (Lipinski definition) is 2. The van der Waals surface area contributed by atoms with Crippen molar-refractivity contribution < 1.29 is 14.4 Å². The predicted octanol–water partition coefficient (Wildman–Crippen LogP) is 0.739. The Bertz CT molecular complexity index is 571. The first-order valence-corrected chi connectivity index (χ1v) is 6.84. The third-order valence-electron chi connectivity index (χ3n) is 3.50. The summed E-state index contributed by atoms with van der Waals surface area (Å²) in [6.07, 6.45) is 0.235. The molecule has 0 aromatic heterocycles. The van der Waals surface area contributed by atoms with E-state index in [0.29, 0.717) is 18.8 Å². The van der Waals surface area contributed by atoms with Gasteiger partial charge in [0.25, 0.3) is 0 Å². The van der Waals surface area contributed by atoms with Crippen molar-refractivity contribution >= 4 is 23.4 Å². The van der Waals surface area contributed by atoms with Crippen LogP contribution >= 0.6 is 0 Å². The standard InChI is InChI=1S/C15H19N3O3/c1-10(19)18(2)9-11-4-3-5-13(6-11)17-15(21)12-7-14(20)16-8-12/h3-6,12H,7-9H2,1-2H3,(H,16,20)(H,17,21). The van der Waals surface area contributed by atoms with Crippen LogP contribution < -0.4 is 10.6 Å². The van der Waals surface area contributed by atoms with E-state index in [1.807, 2.05) is 18.2 Å². The number of anilines is 1. The average molecular weight is 289 g/mol. The van der Waals surface area contributed by atoms with Crippen molar-refractivity contribution in [1.29, 1.82) is 0 Å². The number of carbonyl (C=O) groups is 3. The number of benzene rings is 1. The van der Waals surface area contributed by atoms with Crippen LogP contribution in [-0.4, -0.2) is 36.2 Å². The highest BCUT2D eigenvalue weighted by molar-refractivity contribution is 5.97. The van der Waals surface area contributed by atoms with Gasteiger partial charge in [-0.2, -0.15) is 0 Å². The van der Waals surface area contributed by atoms with Crippen LogP contribution in [0.1, 0.15) is 18.9 Å². The van der Waals surface area contributed by atoms with E-state index in [1.165, 1.54) is 6.92 Å². The Morgan fingerprint density at radius 3 is 2.81 bits per heavy atom. The number of rotatable bonds is 4. The number of nitrogens with one attached hydrogen (secondary N) is 2. The van der Waals surface area contributed by atoms with E-state index in [2.05, 4.69) is 10.6 Å². The molecule has 0 radical (unpaired) electrons. The van der Waals surface area contributed by atoms with Crippen molar-refractivity contribution in [1.82, 2.24) is 10.2 Å². The highest BCUT2D eigenvalue weighted by Gasteiger charge is 2.27. The van der Waals surface area contributed by atoms with Crippen molar-refractivity contribution in [2.45, 2.75) is 19.9 Å². The lowest BCUT2D eigenvalue weighted by Crippen LogP contribution is -2.25. The van der Waals surface area contributed by atoms with E-state index in [9.17, 15) is 14.4 Å². The molecular weight excluding hydrogens is 270 g/mol. The number of nitrogens with zero attached hydrogens (tertiary/aromatic N) is 1. The number of hydrogen-bond acceptors (Lipinski definition) is 3. The second-order valence-electron chi connectivity index (χ2n) is 5.27. The van der Waals surface area contributed by atoms with Gasteiger partial charge in [-0.05, 0) is 17.7 Å². The fourth-order valence-corrected chi connectivity index (χ4v) is 2.17. The van der Waals surface area contributed by atoms with Crippen LogP contribution in [0.3, 0.4) is 0 Å². The Morgan fingerprint density at radius 2 is 2.19 bits per heavy atom. The van der Waals surface area contributed by atoms with Gasteiger partial charge in [0.05, 0.1) is 5.92 Å². The molecule has 1 aliphatic rings. The summed E-state index contributed by atoms with van der Waals surface area (Å²) in [7, 11) is 1.73. The SMILES string of the molecule is CC(=O)N(C)Cc1cccc(NC(=O)C2CNC(=O)C2)c1. The number of carbonyl (C=O) groups excluding carboxylic acids is 3. The van der Waals surface area contributed by atoms with E-state index in [1.54, 1.807) is 18.0 Å². The van der Waals surface area contributed by atoms with Crippen LogP contribution in [0.25, 0.3) is 0 Å². The van der Waals surface area contributed by atoms with Crippen LogP contribution in [0.15, 0.2) is 24.3 Å². The third-order valence-corrected chi connectivity index (χ3v) is 3.50. The fourth-order valence-electron chi connectivity index (χ4n) is 2.17. The van der Waals surface area contributed by atoms with E-state index < -0.39 is 0 Å². The maximum Gasteiger partial charge on any atom is 0.229 e. The molecule has 112 valence electrons. The lowest BCUT2D eigenvalue weighted by molar-refractivity contribution is -0.128. The van der Waals surface area contributed by atoms with Gasteiger partial charge in [-0.25, -0.2) is 0 Å². The van der Waals surface area contributed by atoms with Crippen LogP contribution in [0.5, 0.6) is 0 Å². The van der Waals surface area contributed by atoms with E-state index in [0.717, 1.165) is 5.56 Å². The maximum absolute atomic E-state index is 12.0. The molecule has 0 saturated carbocycles. The molecule has 6 nitrogen and oxygen atoms in total. The highest BCUT2D eigenvalue weighted by atomic mass is 16.2. The Balaban J connectivity index is 1.99. The Kier molecular flexibility index (Phi) is 4.57. The Morgan fingerprint density at radius 1 is 1.43 bits per heavy atom. The topological polar surface area (TPSA) is 78.5 Å². The first-order chi connectivity index (χ1) is 9.95. The maximum atomic E-state index is 12.0. The zero-order chi connectivity index (χ0) is 15.4. The molecule has 21 heavy (non-hydrogen) atoms. The lowest BCUT2D eigenvalue weighted by Gasteiger charge is -2.16. The molecule has 1 saturated heterocycles. The summed E-state index contributed by atoms with van der Waals surface area (Å²) in [5.74, 6) is -0.585. The normalized spacial score (nSPS) is 17.2. The quantitative estimate of drug-likeness (QED) is 0.858. The third kappa shape index (κ3) is 4.05. The molecule has 1 aromatic rings. The van der Waals surface area contributed by atoms with Gasteiger partial charge in [0, 0.05) is 39.2 Å². The molecule has 1 heterocycles. The molecule has 3 amide bonds. The lowest BCUT2D eigenvalue weighted by atomic mass is 10.1. The van der Waals surface area contributed by atoms with Crippen LogP contribution in [0.2, 0.25) is 0 Å². The average Bonchev–Trinajstić information content (AvgIpc) is 2.86. The molecule has 1 aromatic carbocycles. The molecular formula is C15H19N3O3. The summed E-state index contributed by atoms with van der Waals surface area (Å²) in [5.41, 5.74) is 1.61. The van der Waals surface area contributed by atoms with E-state index >= 15 is 0 Å². The minimum absolute atomic E-state index is 0.0139. The molecule has 0 spiro atoms. The predicted molar refractivity (Wildman–Crippen MR) is 78.3 cm³/mol. The molecule has 0 aliphatic carbocycles. The second kappa shape index (κ2) is 6.39. The van der Waals surface area contributed by atoms with E-state index in [4.69, 9.17) is 0 Å². The zero-order valence-electron chi connectivity index (χ0n) is 12.2. The summed E-state index contributed by atoms with van der Waals surface area (Å²) >= 11 is 0. The van der Waals surface area contributed by atoms with Crippen molar-refractivity contribution in [2.75, 3.05) is 18.9 Å². The second-order valence-corrected chi connectivity index (χ2v) is 5.27. The molecule has 0 bridgehead atoms. The van der Waals surface area contributed by atoms with Gasteiger partial charge >= 0.3 is 0 Å². The molecule has 2 N–H and O–H groups in total. The zero-order valence-corrected chi connectivity index (χ0v) is 12.2. The van der Waals surface area contributed by atoms with Crippen LogP contribution in [0.4, 0.5) is 5.69 Å².